The first-order valence-electron chi connectivity index (χ1n) is 8.85. The Morgan fingerprint density at radius 1 is 1.00 bits per heavy atom. The summed E-state index contributed by atoms with van der Waals surface area (Å²) in [5.41, 5.74) is 1.12. The quantitative estimate of drug-likeness (QED) is 0.568. The average molecular weight is 420 g/mol. The van der Waals surface area contributed by atoms with Gasteiger partial charge in [-0.05, 0) is 36.8 Å². The van der Waals surface area contributed by atoms with Gasteiger partial charge in [0.05, 0.1) is 19.1 Å². The number of nitrogens with one attached hydrogen (secondary N) is 2. The Bertz CT molecular complexity index is 988. The summed E-state index contributed by atoms with van der Waals surface area (Å²) in [7, 11) is -0.744. The van der Waals surface area contributed by atoms with Crippen LogP contribution in [0.25, 0.3) is 0 Å². The minimum absolute atomic E-state index is 0.0177. The maximum Gasteiger partial charge on any atom is 0.240 e. The normalized spacial score (nSPS) is 11.0. The van der Waals surface area contributed by atoms with E-state index in [0.717, 1.165) is 5.56 Å². The molecule has 0 aliphatic rings. The van der Waals surface area contributed by atoms with Gasteiger partial charge < -0.3 is 14.8 Å². The Balaban J connectivity index is 1.86. The van der Waals surface area contributed by atoms with Gasteiger partial charge in [0.25, 0.3) is 0 Å². The lowest BCUT2D eigenvalue weighted by molar-refractivity contribution is -0.121. The molecule has 156 valence electrons. The first-order chi connectivity index (χ1) is 13.8. The molecule has 0 spiro atoms. The Morgan fingerprint density at radius 3 is 2.38 bits per heavy atom. The zero-order valence-electron chi connectivity index (χ0n) is 16.5. The van der Waals surface area contributed by atoms with Crippen LogP contribution in [-0.2, 0) is 21.4 Å². The van der Waals surface area contributed by atoms with E-state index in [1.54, 1.807) is 24.3 Å². The highest BCUT2D eigenvalue weighted by Gasteiger charge is 2.15. The van der Waals surface area contributed by atoms with Gasteiger partial charge >= 0.3 is 0 Å². The van der Waals surface area contributed by atoms with Crippen molar-refractivity contribution < 1.29 is 27.5 Å². The number of sulfonamides is 1. The molecule has 0 aromatic heterocycles. The second-order valence-electron chi connectivity index (χ2n) is 6.20. The highest BCUT2D eigenvalue weighted by atomic mass is 32.2. The smallest absolute Gasteiger partial charge is 0.240 e. The van der Waals surface area contributed by atoms with Gasteiger partial charge in [0.15, 0.2) is 17.3 Å². The molecule has 2 aromatic carbocycles. The summed E-state index contributed by atoms with van der Waals surface area (Å²) in [5, 5.41) is 2.72. The van der Waals surface area contributed by atoms with Gasteiger partial charge in [-0.2, -0.15) is 0 Å². The number of carbonyl (C=O) groups is 2. The Hall–Kier alpha value is -2.91. The molecule has 2 rings (SSSR count). The van der Waals surface area contributed by atoms with Crippen molar-refractivity contribution in [3.63, 3.8) is 0 Å². The van der Waals surface area contributed by atoms with Crippen LogP contribution in [0.5, 0.6) is 11.5 Å². The highest BCUT2D eigenvalue weighted by Crippen LogP contribution is 2.27. The number of hydrogen-bond acceptors (Lipinski definition) is 6. The molecule has 2 N–H and O–H groups in total. The molecule has 0 unspecified atom stereocenters. The van der Waals surface area contributed by atoms with Crippen molar-refractivity contribution in [2.45, 2.75) is 24.8 Å². The molecular weight excluding hydrogens is 396 g/mol. The van der Waals surface area contributed by atoms with Crippen LogP contribution in [0.2, 0.25) is 0 Å². The van der Waals surface area contributed by atoms with E-state index in [1.165, 1.54) is 39.3 Å². The van der Waals surface area contributed by atoms with Crippen LogP contribution in [0.3, 0.4) is 0 Å². The molecule has 1 amide bonds. The zero-order valence-corrected chi connectivity index (χ0v) is 17.3. The SMILES string of the molecule is COc1ccc(CNC(=O)CCNS(=O)(=O)c2cccc(C(C)=O)c2)cc1OC. The van der Waals surface area contributed by atoms with Crippen LogP contribution in [0.4, 0.5) is 0 Å². The second kappa shape index (κ2) is 10.0. The molecule has 0 saturated carbocycles. The zero-order chi connectivity index (χ0) is 21.4. The molecule has 0 fully saturated rings. The fourth-order valence-corrected chi connectivity index (χ4v) is 3.62. The third-order valence-electron chi connectivity index (χ3n) is 4.13. The maximum atomic E-state index is 12.3. The van der Waals surface area contributed by atoms with Crippen molar-refractivity contribution in [2.24, 2.45) is 0 Å². The van der Waals surface area contributed by atoms with E-state index in [1.807, 2.05) is 0 Å². The maximum absolute atomic E-state index is 12.3. The number of rotatable bonds is 10. The van der Waals surface area contributed by atoms with E-state index in [2.05, 4.69) is 10.0 Å². The number of ketones is 1. The van der Waals surface area contributed by atoms with Gasteiger partial charge in [0.1, 0.15) is 0 Å². The van der Waals surface area contributed by atoms with Crippen molar-refractivity contribution >= 4 is 21.7 Å². The summed E-state index contributed by atoms with van der Waals surface area (Å²) in [4.78, 5) is 23.4. The Morgan fingerprint density at radius 2 is 1.72 bits per heavy atom. The molecule has 0 aliphatic carbocycles. The van der Waals surface area contributed by atoms with Crippen LogP contribution in [0.15, 0.2) is 47.4 Å². The van der Waals surface area contributed by atoms with Gasteiger partial charge in [-0.25, -0.2) is 13.1 Å². The lowest BCUT2D eigenvalue weighted by Gasteiger charge is -2.11. The standard InChI is InChI=1S/C20H24N2O6S/c1-14(23)16-5-4-6-17(12-16)29(25,26)22-10-9-20(24)21-13-15-7-8-18(27-2)19(11-15)28-3/h4-8,11-12,22H,9-10,13H2,1-3H3,(H,21,24). The molecule has 0 aliphatic heterocycles. The molecule has 8 nitrogen and oxygen atoms in total. The predicted molar refractivity (Wildman–Crippen MR) is 108 cm³/mol. The molecule has 0 saturated heterocycles. The first-order valence-corrected chi connectivity index (χ1v) is 10.3. The molecule has 0 bridgehead atoms. The molecule has 0 heterocycles. The summed E-state index contributed by atoms with van der Waals surface area (Å²) in [6.45, 7) is 1.57. The summed E-state index contributed by atoms with van der Waals surface area (Å²) in [5.74, 6) is 0.613. The van der Waals surface area contributed by atoms with Crippen molar-refractivity contribution in [1.29, 1.82) is 0 Å². The lowest BCUT2D eigenvalue weighted by atomic mass is 10.2. The van der Waals surface area contributed by atoms with Crippen molar-refractivity contribution in [2.75, 3.05) is 20.8 Å². The predicted octanol–water partition coefficient (Wildman–Crippen LogP) is 1.89. The summed E-state index contributed by atoms with van der Waals surface area (Å²) >= 11 is 0. The van der Waals surface area contributed by atoms with Crippen LogP contribution in [-0.4, -0.2) is 40.9 Å². The second-order valence-corrected chi connectivity index (χ2v) is 7.96. The average Bonchev–Trinajstić information content (AvgIpc) is 2.71. The number of hydrogen-bond donors (Lipinski definition) is 2. The summed E-state index contributed by atoms with van der Waals surface area (Å²) in [6, 6.07) is 11.0. The number of amides is 1. The van der Waals surface area contributed by atoms with E-state index in [0.29, 0.717) is 17.1 Å². The number of Topliss-reactive ketones (excluding diaryl/α,β-unsaturated/α-hetero) is 1. The van der Waals surface area contributed by atoms with Crippen molar-refractivity contribution in [3.05, 3.63) is 53.6 Å². The van der Waals surface area contributed by atoms with E-state index in [4.69, 9.17) is 9.47 Å². The molecule has 0 radical (unpaired) electrons. The molecule has 2 aromatic rings. The third-order valence-corrected chi connectivity index (χ3v) is 5.59. The first kappa shape index (κ1) is 22.4. The molecular formula is C20H24N2O6S. The third kappa shape index (κ3) is 6.30. The minimum atomic E-state index is -3.81. The number of ether oxygens (including phenoxy) is 2. The van der Waals surface area contributed by atoms with Crippen LogP contribution in [0.1, 0.15) is 29.3 Å². The monoisotopic (exact) mass is 420 g/mol. The van der Waals surface area contributed by atoms with Gasteiger partial charge in [-0.1, -0.05) is 18.2 Å². The van der Waals surface area contributed by atoms with Crippen molar-refractivity contribution in [3.8, 4) is 11.5 Å². The van der Waals surface area contributed by atoms with Gasteiger partial charge in [0, 0.05) is 25.1 Å². The summed E-state index contributed by atoms with van der Waals surface area (Å²) in [6.07, 6.45) is -0.0289. The molecule has 9 heteroatoms. The number of methoxy groups -OCH3 is 2. The van der Waals surface area contributed by atoms with E-state index < -0.39 is 10.0 Å². The fraction of sp³-hybridized carbons (Fsp3) is 0.300. The largest absolute Gasteiger partial charge is 0.493 e. The van der Waals surface area contributed by atoms with Gasteiger partial charge in [0.2, 0.25) is 15.9 Å². The Labute approximate surface area is 170 Å². The summed E-state index contributed by atoms with van der Waals surface area (Å²) < 4.78 is 37.4. The topological polar surface area (TPSA) is 111 Å². The minimum Gasteiger partial charge on any atom is -0.493 e. The lowest BCUT2D eigenvalue weighted by Crippen LogP contribution is -2.30. The van der Waals surface area contributed by atoms with E-state index in [-0.39, 0.29) is 36.1 Å². The van der Waals surface area contributed by atoms with Crippen LogP contribution < -0.4 is 19.5 Å². The van der Waals surface area contributed by atoms with Gasteiger partial charge in [-0.15, -0.1) is 0 Å². The Kier molecular flexibility index (Phi) is 7.74. The van der Waals surface area contributed by atoms with Crippen molar-refractivity contribution in [1.82, 2.24) is 10.0 Å². The molecule has 0 atom stereocenters. The van der Waals surface area contributed by atoms with Crippen LogP contribution >= 0.6 is 0 Å². The van der Waals surface area contributed by atoms with Crippen LogP contribution in [0, 0.1) is 0 Å². The number of benzene rings is 2. The highest BCUT2D eigenvalue weighted by molar-refractivity contribution is 7.89. The van der Waals surface area contributed by atoms with E-state index >= 15 is 0 Å². The fourth-order valence-electron chi connectivity index (χ4n) is 2.54. The number of carbonyl (C=O) groups excluding carboxylic acids is 2. The van der Waals surface area contributed by atoms with E-state index in [9.17, 15) is 18.0 Å². The molecule has 29 heavy (non-hydrogen) atoms. The van der Waals surface area contributed by atoms with Gasteiger partial charge in [-0.3, -0.25) is 9.59 Å².